The number of rotatable bonds is 4. The zero-order valence-corrected chi connectivity index (χ0v) is 14.7. The molecule has 0 atom stereocenters. The maximum atomic E-state index is 12.2. The minimum Gasteiger partial charge on any atom is -0.423 e. The molecule has 0 spiro atoms. The zero-order valence-electron chi connectivity index (χ0n) is 14.7. The summed E-state index contributed by atoms with van der Waals surface area (Å²) in [7, 11) is 0. The number of allylic oxidation sites excluding steroid dienone is 4. The van der Waals surface area contributed by atoms with Crippen LogP contribution in [-0.4, -0.2) is 5.97 Å². The Kier molecular flexibility index (Phi) is 5.23. The number of benzene rings is 2. The Labute approximate surface area is 153 Å². The van der Waals surface area contributed by atoms with Gasteiger partial charge in [-0.3, -0.25) is 0 Å². The lowest BCUT2D eigenvalue weighted by Crippen LogP contribution is -2.09. The molecule has 4 N–H and O–H groups in total. The number of nitrogens with two attached hydrogens (primary N) is 2. The first-order valence-corrected chi connectivity index (χ1v) is 8.54. The third-order valence-electron chi connectivity index (χ3n) is 4.27. The Morgan fingerprint density at radius 1 is 1.08 bits per heavy atom. The highest BCUT2D eigenvalue weighted by molar-refractivity contribution is 5.94. The number of esters is 1. The van der Waals surface area contributed by atoms with Gasteiger partial charge in [0.05, 0.1) is 11.4 Å². The molecule has 0 radical (unpaired) electrons. The monoisotopic (exact) mass is 346 g/mol. The van der Waals surface area contributed by atoms with Crippen molar-refractivity contribution in [2.45, 2.75) is 19.8 Å². The van der Waals surface area contributed by atoms with Gasteiger partial charge in [0.2, 0.25) is 0 Å². The van der Waals surface area contributed by atoms with E-state index in [1.165, 1.54) is 11.1 Å². The van der Waals surface area contributed by atoms with Gasteiger partial charge in [0.15, 0.2) is 0 Å². The molecule has 1 aliphatic rings. The standard InChI is InChI=1S/C22H22N2O2/c1-15(22(25)26-19-11-12-20(23)21(24)14-19)13-16-7-9-18(10-8-16)17-5-3-2-4-6-17/h2-3,5,7-14H,4,6,23-24H2,1H3/b15-13+. The van der Waals surface area contributed by atoms with Gasteiger partial charge in [-0.2, -0.15) is 0 Å². The first-order valence-electron chi connectivity index (χ1n) is 8.54. The molecule has 1 aliphatic carbocycles. The molecule has 2 aromatic carbocycles. The van der Waals surface area contributed by atoms with Crippen molar-refractivity contribution >= 4 is 29.0 Å². The molecule has 26 heavy (non-hydrogen) atoms. The predicted molar refractivity (Wildman–Crippen MR) is 107 cm³/mol. The summed E-state index contributed by atoms with van der Waals surface area (Å²) >= 11 is 0. The molecule has 0 fully saturated rings. The van der Waals surface area contributed by atoms with Gasteiger partial charge in [0, 0.05) is 11.6 Å². The highest BCUT2D eigenvalue weighted by Crippen LogP contribution is 2.25. The lowest BCUT2D eigenvalue weighted by Gasteiger charge is -2.09. The average Bonchev–Trinajstić information content (AvgIpc) is 2.66. The van der Waals surface area contributed by atoms with E-state index in [0.29, 0.717) is 22.7 Å². The van der Waals surface area contributed by atoms with Crippen molar-refractivity contribution in [1.82, 2.24) is 0 Å². The van der Waals surface area contributed by atoms with Crippen LogP contribution in [0.15, 0.2) is 66.3 Å². The molecule has 0 heterocycles. The maximum absolute atomic E-state index is 12.2. The molecule has 132 valence electrons. The fourth-order valence-electron chi connectivity index (χ4n) is 2.75. The molecule has 0 saturated carbocycles. The van der Waals surface area contributed by atoms with Crippen LogP contribution >= 0.6 is 0 Å². The summed E-state index contributed by atoms with van der Waals surface area (Å²) < 4.78 is 5.34. The van der Waals surface area contributed by atoms with Crippen LogP contribution in [0.3, 0.4) is 0 Å². The largest absolute Gasteiger partial charge is 0.423 e. The molecular weight excluding hydrogens is 324 g/mol. The Morgan fingerprint density at radius 2 is 1.85 bits per heavy atom. The third-order valence-corrected chi connectivity index (χ3v) is 4.27. The molecule has 0 unspecified atom stereocenters. The second kappa shape index (κ2) is 7.74. The predicted octanol–water partition coefficient (Wildman–Crippen LogP) is 4.59. The van der Waals surface area contributed by atoms with Gasteiger partial charge >= 0.3 is 5.97 Å². The summed E-state index contributed by atoms with van der Waals surface area (Å²) in [6.45, 7) is 1.73. The van der Waals surface area contributed by atoms with Gasteiger partial charge in [-0.15, -0.1) is 0 Å². The summed E-state index contributed by atoms with van der Waals surface area (Å²) in [6.07, 6.45) is 10.4. The van der Waals surface area contributed by atoms with Gasteiger partial charge in [0.1, 0.15) is 5.75 Å². The summed E-state index contributed by atoms with van der Waals surface area (Å²) in [4.78, 5) is 12.2. The molecule has 0 aliphatic heterocycles. The van der Waals surface area contributed by atoms with E-state index in [1.54, 1.807) is 25.1 Å². The SMILES string of the molecule is C/C(=C\c1ccc(C2=CC=CCC2)cc1)C(=O)Oc1ccc(N)c(N)c1. The smallest absolute Gasteiger partial charge is 0.339 e. The van der Waals surface area contributed by atoms with Crippen LogP contribution in [0, 0.1) is 0 Å². The van der Waals surface area contributed by atoms with E-state index in [-0.39, 0.29) is 0 Å². The lowest BCUT2D eigenvalue weighted by molar-refractivity contribution is -0.130. The van der Waals surface area contributed by atoms with E-state index >= 15 is 0 Å². The third kappa shape index (κ3) is 4.22. The maximum Gasteiger partial charge on any atom is 0.339 e. The van der Waals surface area contributed by atoms with E-state index in [9.17, 15) is 4.79 Å². The summed E-state index contributed by atoms with van der Waals surface area (Å²) in [5.74, 6) is -0.0412. The second-order valence-electron chi connectivity index (χ2n) is 6.29. The van der Waals surface area contributed by atoms with Crippen LogP contribution in [0.2, 0.25) is 0 Å². The summed E-state index contributed by atoms with van der Waals surface area (Å²) in [5, 5.41) is 0. The fourth-order valence-corrected chi connectivity index (χ4v) is 2.75. The second-order valence-corrected chi connectivity index (χ2v) is 6.29. The molecular formula is C22H22N2O2. The Hall–Kier alpha value is -3.27. The number of ether oxygens (including phenoxy) is 1. The highest BCUT2D eigenvalue weighted by Gasteiger charge is 2.09. The minimum absolute atomic E-state index is 0.377. The topological polar surface area (TPSA) is 78.3 Å². The number of carbonyl (C=O) groups is 1. The van der Waals surface area contributed by atoms with E-state index in [2.05, 4.69) is 30.4 Å². The summed E-state index contributed by atoms with van der Waals surface area (Å²) in [6, 6.07) is 13.0. The van der Waals surface area contributed by atoms with Gasteiger partial charge in [-0.05, 0) is 54.7 Å². The molecule has 0 saturated heterocycles. The van der Waals surface area contributed by atoms with E-state index in [4.69, 9.17) is 16.2 Å². The van der Waals surface area contributed by atoms with Crippen LogP contribution in [0.4, 0.5) is 11.4 Å². The number of hydrogen-bond donors (Lipinski definition) is 2. The molecule has 3 rings (SSSR count). The van der Waals surface area contributed by atoms with Gasteiger partial charge in [-0.25, -0.2) is 4.79 Å². The minimum atomic E-state index is -0.418. The van der Waals surface area contributed by atoms with Gasteiger partial charge in [-0.1, -0.05) is 42.5 Å². The number of hydrogen-bond acceptors (Lipinski definition) is 4. The van der Waals surface area contributed by atoms with Crippen molar-refractivity contribution in [3.8, 4) is 5.75 Å². The number of nitrogen functional groups attached to an aromatic ring is 2. The fraction of sp³-hybridized carbons (Fsp3) is 0.136. The molecule has 2 aromatic rings. The summed E-state index contributed by atoms with van der Waals surface area (Å²) in [5.41, 5.74) is 16.2. The zero-order chi connectivity index (χ0) is 18.5. The molecule has 0 amide bonds. The van der Waals surface area contributed by atoms with Crippen LogP contribution < -0.4 is 16.2 Å². The van der Waals surface area contributed by atoms with Crippen molar-refractivity contribution in [2.24, 2.45) is 0 Å². The number of carbonyl (C=O) groups excluding carboxylic acids is 1. The molecule has 0 aromatic heterocycles. The number of anilines is 2. The molecule has 0 bridgehead atoms. The van der Waals surface area contributed by atoms with Crippen LogP contribution in [0.5, 0.6) is 5.75 Å². The van der Waals surface area contributed by atoms with Crippen molar-refractivity contribution in [1.29, 1.82) is 0 Å². The normalized spacial score (nSPS) is 14.0. The molecule has 4 nitrogen and oxygen atoms in total. The Bertz CT molecular complexity index is 906. The van der Waals surface area contributed by atoms with E-state index in [0.717, 1.165) is 18.4 Å². The highest BCUT2D eigenvalue weighted by atomic mass is 16.5. The van der Waals surface area contributed by atoms with Gasteiger partial charge in [0.25, 0.3) is 0 Å². The molecule has 4 heteroatoms. The lowest BCUT2D eigenvalue weighted by atomic mass is 9.96. The Morgan fingerprint density at radius 3 is 2.50 bits per heavy atom. The van der Waals surface area contributed by atoms with Crippen molar-refractivity contribution in [2.75, 3.05) is 11.5 Å². The first-order chi connectivity index (χ1) is 12.5. The van der Waals surface area contributed by atoms with E-state index < -0.39 is 5.97 Å². The van der Waals surface area contributed by atoms with Gasteiger partial charge < -0.3 is 16.2 Å². The van der Waals surface area contributed by atoms with Crippen molar-refractivity contribution in [3.05, 3.63) is 77.4 Å². The quantitative estimate of drug-likeness (QED) is 0.367. The van der Waals surface area contributed by atoms with Crippen LogP contribution in [0.1, 0.15) is 30.9 Å². The van der Waals surface area contributed by atoms with Crippen molar-refractivity contribution < 1.29 is 9.53 Å². The Balaban J connectivity index is 1.70. The van der Waals surface area contributed by atoms with Crippen LogP contribution in [0.25, 0.3) is 11.6 Å². The van der Waals surface area contributed by atoms with E-state index in [1.807, 2.05) is 18.2 Å². The first kappa shape index (κ1) is 17.5. The van der Waals surface area contributed by atoms with Crippen LogP contribution in [-0.2, 0) is 4.79 Å². The van der Waals surface area contributed by atoms with Crippen molar-refractivity contribution in [3.63, 3.8) is 0 Å². The average molecular weight is 346 g/mol.